The van der Waals surface area contributed by atoms with E-state index in [0.717, 1.165) is 29.9 Å². The molecule has 5 nitrogen and oxygen atoms in total. The van der Waals surface area contributed by atoms with Crippen molar-refractivity contribution in [1.29, 1.82) is 0 Å². The van der Waals surface area contributed by atoms with Crippen molar-refractivity contribution in [3.05, 3.63) is 46.0 Å². The molecule has 0 unspecified atom stereocenters. The highest BCUT2D eigenvalue weighted by Crippen LogP contribution is 2.38. The molecular formula is C12H13N3O2. The summed E-state index contributed by atoms with van der Waals surface area (Å²) < 4.78 is 6.31. The van der Waals surface area contributed by atoms with Crippen LogP contribution in [0.5, 0.6) is 0 Å². The van der Waals surface area contributed by atoms with Gasteiger partial charge in [0.1, 0.15) is 0 Å². The Morgan fingerprint density at radius 1 is 1.53 bits per heavy atom. The molecule has 1 aliphatic carbocycles. The maximum absolute atomic E-state index is 11.6. The molecule has 17 heavy (non-hydrogen) atoms. The van der Waals surface area contributed by atoms with Crippen LogP contribution >= 0.6 is 0 Å². The third kappa shape index (κ3) is 2.00. The molecule has 0 saturated heterocycles. The quantitative estimate of drug-likeness (QED) is 0.802. The Hall–Kier alpha value is -1.91. The van der Waals surface area contributed by atoms with Crippen LogP contribution in [0.3, 0.4) is 0 Å². The number of hydrogen-bond acceptors (Lipinski definition) is 4. The Morgan fingerprint density at radius 3 is 3.06 bits per heavy atom. The van der Waals surface area contributed by atoms with Crippen LogP contribution in [0.4, 0.5) is 0 Å². The van der Waals surface area contributed by atoms with Crippen molar-refractivity contribution < 1.29 is 4.52 Å². The fourth-order valence-electron chi connectivity index (χ4n) is 1.91. The number of hydrogen-bond donors (Lipinski definition) is 0. The lowest BCUT2D eigenvalue weighted by Gasteiger charge is -2.03. The molecule has 0 spiro atoms. The van der Waals surface area contributed by atoms with Crippen molar-refractivity contribution in [2.45, 2.75) is 32.2 Å². The Labute approximate surface area is 98.1 Å². The van der Waals surface area contributed by atoms with Gasteiger partial charge in [-0.1, -0.05) is 5.16 Å². The predicted octanol–water partition coefficient (Wildman–Crippen LogP) is 1.47. The van der Waals surface area contributed by atoms with E-state index in [1.807, 2.05) is 19.1 Å². The van der Waals surface area contributed by atoms with Gasteiger partial charge in [-0.15, -0.1) is 0 Å². The van der Waals surface area contributed by atoms with E-state index in [2.05, 4.69) is 10.1 Å². The molecule has 1 fully saturated rings. The zero-order chi connectivity index (χ0) is 11.8. The maximum atomic E-state index is 11.6. The summed E-state index contributed by atoms with van der Waals surface area (Å²) >= 11 is 0. The van der Waals surface area contributed by atoms with Gasteiger partial charge in [-0.2, -0.15) is 0 Å². The van der Waals surface area contributed by atoms with Crippen LogP contribution in [-0.2, 0) is 6.54 Å². The summed E-state index contributed by atoms with van der Waals surface area (Å²) in [6, 6.07) is 3.90. The molecule has 0 aliphatic heterocycles. The molecule has 5 heteroatoms. The molecule has 0 atom stereocenters. The van der Waals surface area contributed by atoms with Crippen molar-refractivity contribution in [1.82, 2.24) is 14.7 Å². The van der Waals surface area contributed by atoms with Gasteiger partial charge in [-0.05, 0) is 37.5 Å². The van der Waals surface area contributed by atoms with Gasteiger partial charge >= 0.3 is 5.76 Å². The lowest BCUT2D eigenvalue weighted by molar-refractivity contribution is 0.374. The topological polar surface area (TPSA) is 60.9 Å². The van der Waals surface area contributed by atoms with E-state index >= 15 is 0 Å². The summed E-state index contributed by atoms with van der Waals surface area (Å²) in [5.74, 6) is 0.764. The number of aromatic nitrogens is 3. The molecule has 0 bridgehead atoms. The summed E-state index contributed by atoms with van der Waals surface area (Å²) in [6.45, 7) is 2.44. The summed E-state index contributed by atoms with van der Waals surface area (Å²) in [4.78, 5) is 15.8. The summed E-state index contributed by atoms with van der Waals surface area (Å²) in [5, 5.41) is 3.84. The first kappa shape index (κ1) is 10.3. The third-order valence-electron chi connectivity index (χ3n) is 2.95. The summed E-state index contributed by atoms with van der Waals surface area (Å²) in [6.07, 6.45) is 3.93. The van der Waals surface area contributed by atoms with Gasteiger partial charge in [0, 0.05) is 12.1 Å². The summed E-state index contributed by atoms with van der Waals surface area (Å²) in [5.41, 5.74) is 1.99. The molecule has 0 radical (unpaired) electrons. The Bertz CT molecular complexity index is 596. The number of pyridine rings is 1. The van der Waals surface area contributed by atoms with E-state index in [0.29, 0.717) is 12.5 Å². The first-order valence-corrected chi connectivity index (χ1v) is 5.72. The predicted molar refractivity (Wildman–Crippen MR) is 60.8 cm³/mol. The van der Waals surface area contributed by atoms with Crippen molar-refractivity contribution in [2.24, 2.45) is 0 Å². The molecule has 1 aliphatic rings. The summed E-state index contributed by atoms with van der Waals surface area (Å²) in [7, 11) is 0. The van der Waals surface area contributed by atoms with E-state index < -0.39 is 5.76 Å². The molecule has 0 aromatic carbocycles. The number of nitrogens with zero attached hydrogens (tertiary/aromatic N) is 3. The molecule has 2 aromatic heterocycles. The minimum Gasteiger partial charge on any atom is -0.296 e. The second-order valence-corrected chi connectivity index (χ2v) is 4.49. The average Bonchev–Trinajstić information content (AvgIpc) is 3.07. The standard InChI is InChI=1S/C12H13N3O2/c1-8-4-5-13-10(6-8)7-15-11(9-2-3-9)14-17-12(15)16/h4-6,9H,2-3,7H2,1H3. The second-order valence-electron chi connectivity index (χ2n) is 4.49. The normalized spacial score (nSPS) is 15.1. The highest BCUT2D eigenvalue weighted by molar-refractivity contribution is 5.15. The lowest BCUT2D eigenvalue weighted by Crippen LogP contribution is -2.18. The highest BCUT2D eigenvalue weighted by Gasteiger charge is 2.30. The third-order valence-corrected chi connectivity index (χ3v) is 2.95. The Morgan fingerprint density at radius 2 is 2.35 bits per heavy atom. The number of aryl methyl sites for hydroxylation is 1. The Kier molecular flexibility index (Phi) is 2.31. The van der Waals surface area contributed by atoms with Crippen molar-refractivity contribution in [3.8, 4) is 0 Å². The molecular weight excluding hydrogens is 218 g/mol. The van der Waals surface area contributed by atoms with E-state index in [4.69, 9.17) is 4.52 Å². The molecule has 3 rings (SSSR count). The van der Waals surface area contributed by atoms with Crippen LogP contribution in [0.2, 0.25) is 0 Å². The Balaban J connectivity index is 1.94. The van der Waals surface area contributed by atoms with Crippen molar-refractivity contribution in [2.75, 3.05) is 0 Å². The fourth-order valence-corrected chi connectivity index (χ4v) is 1.91. The first-order valence-electron chi connectivity index (χ1n) is 5.72. The van der Waals surface area contributed by atoms with Gasteiger partial charge in [0.15, 0.2) is 5.82 Å². The van der Waals surface area contributed by atoms with Crippen molar-refractivity contribution in [3.63, 3.8) is 0 Å². The minimum atomic E-state index is -0.393. The van der Waals surface area contributed by atoms with Crippen LogP contribution in [0.25, 0.3) is 0 Å². The molecule has 0 N–H and O–H groups in total. The van der Waals surface area contributed by atoms with Gasteiger partial charge in [-0.25, -0.2) is 4.79 Å². The molecule has 88 valence electrons. The fraction of sp³-hybridized carbons (Fsp3) is 0.417. The maximum Gasteiger partial charge on any atom is 0.441 e. The zero-order valence-corrected chi connectivity index (χ0v) is 9.59. The van der Waals surface area contributed by atoms with Gasteiger partial charge in [0.2, 0.25) is 0 Å². The van der Waals surface area contributed by atoms with Gasteiger partial charge in [0.25, 0.3) is 0 Å². The van der Waals surface area contributed by atoms with Crippen LogP contribution in [0.1, 0.15) is 35.8 Å². The van der Waals surface area contributed by atoms with Crippen LogP contribution in [0.15, 0.2) is 27.6 Å². The van der Waals surface area contributed by atoms with Crippen LogP contribution in [-0.4, -0.2) is 14.7 Å². The second kappa shape index (κ2) is 3.84. The van der Waals surface area contributed by atoms with E-state index in [1.54, 1.807) is 10.8 Å². The minimum absolute atomic E-state index is 0.393. The first-order chi connectivity index (χ1) is 8.24. The van der Waals surface area contributed by atoms with E-state index in [9.17, 15) is 4.79 Å². The van der Waals surface area contributed by atoms with E-state index in [1.165, 1.54) is 0 Å². The van der Waals surface area contributed by atoms with Gasteiger partial charge < -0.3 is 0 Å². The number of rotatable bonds is 3. The smallest absolute Gasteiger partial charge is 0.296 e. The van der Waals surface area contributed by atoms with Gasteiger partial charge in [0.05, 0.1) is 12.2 Å². The van der Waals surface area contributed by atoms with Crippen molar-refractivity contribution >= 4 is 0 Å². The largest absolute Gasteiger partial charge is 0.441 e. The molecule has 2 aromatic rings. The SMILES string of the molecule is Cc1ccnc(Cn2c(C3CC3)noc2=O)c1. The van der Waals surface area contributed by atoms with Gasteiger partial charge in [-0.3, -0.25) is 14.1 Å². The van der Waals surface area contributed by atoms with Crippen LogP contribution in [0, 0.1) is 6.92 Å². The molecule has 2 heterocycles. The highest BCUT2D eigenvalue weighted by atomic mass is 16.5. The van der Waals surface area contributed by atoms with Crippen LogP contribution < -0.4 is 5.76 Å². The monoisotopic (exact) mass is 231 g/mol. The average molecular weight is 231 g/mol. The lowest BCUT2D eigenvalue weighted by atomic mass is 10.2. The zero-order valence-electron chi connectivity index (χ0n) is 9.59. The molecule has 0 amide bonds. The van der Waals surface area contributed by atoms with E-state index in [-0.39, 0.29) is 0 Å². The molecule has 1 saturated carbocycles.